The van der Waals surface area contributed by atoms with Gasteiger partial charge in [0.2, 0.25) is 0 Å². The second-order valence-corrected chi connectivity index (χ2v) is 4.03. The molecule has 2 atom stereocenters. The van der Waals surface area contributed by atoms with Crippen LogP contribution in [0.3, 0.4) is 0 Å². The Morgan fingerprint density at radius 1 is 1.38 bits per heavy atom. The lowest BCUT2D eigenvalue weighted by Crippen LogP contribution is -2.53. The molecule has 4 nitrogen and oxygen atoms in total. The molecule has 0 aromatic heterocycles. The predicted molar refractivity (Wildman–Crippen MR) is 47.0 cm³/mol. The molecule has 1 saturated carbocycles. The molecule has 2 fully saturated rings. The summed E-state index contributed by atoms with van der Waals surface area (Å²) in [7, 11) is 0. The Labute approximate surface area is 77.1 Å². The maximum atomic E-state index is 11.6. The lowest BCUT2D eigenvalue weighted by atomic mass is 9.74. The lowest BCUT2D eigenvalue weighted by molar-refractivity contribution is -0.126. The maximum Gasteiger partial charge on any atom is 0.322 e. The van der Waals surface area contributed by atoms with Gasteiger partial charge in [0.1, 0.15) is 5.54 Å². The zero-order valence-corrected chi connectivity index (χ0v) is 7.72. The van der Waals surface area contributed by atoms with Gasteiger partial charge in [-0.1, -0.05) is 19.8 Å². The molecule has 0 bridgehead atoms. The first-order valence-electron chi connectivity index (χ1n) is 4.79. The van der Waals surface area contributed by atoms with E-state index in [1.54, 1.807) is 0 Å². The van der Waals surface area contributed by atoms with Gasteiger partial charge in [-0.05, 0) is 18.8 Å². The zero-order chi connectivity index (χ0) is 9.47. The van der Waals surface area contributed by atoms with Crippen molar-refractivity contribution in [2.24, 2.45) is 5.92 Å². The Morgan fingerprint density at radius 3 is 2.69 bits per heavy atom. The number of imide groups is 1. The van der Waals surface area contributed by atoms with E-state index < -0.39 is 5.54 Å². The van der Waals surface area contributed by atoms with Crippen molar-refractivity contribution in [3.8, 4) is 0 Å². The molecule has 1 spiro atoms. The van der Waals surface area contributed by atoms with Crippen LogP contribution in [0.2, 0.25) is 0 Å². The standard InChI is InChI=1S/C9H14N2O2/c1-6-4-2-3-5-9(6)7(12)10-8(13)11-9/h6H,2-5H2,1H3,(H2,10,11,12,13)/t6-,9-/m0/s1. The molecule has 0 unspecified atom stereocenters. The molecular formula is C9H14N2O2. The van der Waals surface area contributed by atoms with Crippen molar-refractivity contribution in [1.82, 2.24) is 10.6 Å². The molecule has 4 heteroatoms. The van der Waals surface area contributed by atoms with Crippen LogP contribution in [-0.4, -0.2) is 17.5 Å². The Kier molecular flexibility index (Phi) is 1.78. The Balaban J connectivity index is 2.26. The van der Waals surface area contributed by atoms with Crippen molar-refractivity contribution in [2.75, 3.05) is 0 Å². The third-order valence-corrected chi connectivity index (χ3v) is 3.27. The van der Waals surface area contributed by atoms with Crippen molar-refractivity contribution in [3.05, 3.63) is 0 Å². The number of hydrogen-bond donors (Lipinski definition) is 2. The van der Waals surface area contributed by atoms with Gasteiger partial charge in [-0.3, -0.25) is 10.1 Å². The van der Waals surface area contributed by atoms with Crippen molar-refractivity contribution < 1.29 is 9.59 Å². The van der Waals surface area contributed by atoms with Crippen LogP contribution in [0.5, 0.6) is 0 Å². The van der Waals surface area contributed by atoms with E-state index in [0.717, 1.165) is 25.7 Å². The molecule has 72 valence electrons. The average Bonchev–Trinajstić information content (AvgIpc) is 2.35. The van der Waals surface area contributed by atoms with E-state index in [-0.39, 0.29) is 17.9 Å². The van der Waals surface area contributed by atoms with E-state index in [2.05, 4.69) is 10.6 Å². The van der Waals surface area contributed by atoms with Crippen LogP contribution in [0.4, 0.5) is 4.79 Å². The van der Waals surface area contributed by atoms with Crippen LogP contribution in [0.25, 0.3) is 0 Å². The minimum absolute atomic E-state index is 0.135. The summed E-state index contributed by atoms with van der Waals surface area (Å²) >= 11 is 0. The number of rotatable bonds is 0. The molecule has 1 heterocycles. The van der Waals surface area contributed by atoms with E-state index in [4.69, 9.17) is 0 Å². The van der Waals surface area contributed by atoms with Crippen LogP contribution < -0.4 is 10.6 Å². The van der Waals surface area contributed by atoms with Gasteiger partial charge >= 0.3 is 6.03 Å². The topological polar surface area (TPSA) is 58.2 Å². The number of amides is 3. The summed E-state index contributed by atoms with van der Waals surface area (Å²) in [5.41, 5.74) is -0.588. The highest BCUT2D eigenvalue weighted by Gasteiger charge is 2.50. The molecular weight excluding hydrogens is 168 g/mol. The van der Waals surface area contributed by atoms with Gasteiger partial charge in [0, 0.05) is 0 Å². The van der Waals surface area contributed by atoms with Gasteiger partial charge in [0.15, 0.2) is 0 Å². The summed E-state index contributed by atoms with van der Waals surface area (Å²) in [6, 6.07) is -0.334. The van der Waals surface area contributed by atoms with E-state index >= 15 is 0 Å². The van der Waals surface area contributed by atoms with Crippen molar-refractivity contribution in [2.45, 2.75) is 38.1 Å². The summed E-state index contributed by atoms with van der Waals surface area (Å²) in [5.74, 6) is 0.123. The second kappa shape index (κ2) is 2.72. The molecule has 0 aromatic carbocycles. The van der Waals surface area contributed by atoms with Gasteiger partial charge < -0.3 is 5.32 Å². The van der Waals surface area contributed by atoms with Gasteiger partial charge in [0.25, 0.3) is 5.91 Å². The third-order valence-electron chi connectivity index (χ3n) is 3.27. The highest BCUT2D eigenvalue weighted by molar-refractivity contribution is 6.07. The predicted octanol–water partition coefficient (Wildman–Crippen LogP) is 0.775. The molecule has 1 aliphatic heterocycles. The SMILES string of the molecule is C[C@H]1CCCC[C@]12NC(=O)NC2=O. The van der Waals surface area contributed by atoms with Crippen molar-refractivity contribution in [3.63, 3.8) is 0 Å². The maximum absolute atomic E-state index is 11.6. The van der Waals surface area contributed by atoms with Gasteiger partial charge in [-0.2, -0.15) is 0 Å². The highest BCUT2D eigenvalue weighted by Crippen LogP contribution is 2.35. The van der Waals surface area contributed by atoms with Crippen LogP contribution in [0.15, 0.2) is 0 Å². The summed E-state index contributed by atoms with van der Waals surface area (Å²) in [6.07, 6.45) is 3.99. The fraction of sp³-hybridized carbons (Fsp3) is 0.778. The first-order chi connectivity index (χ1) is 6.15. The molecule has 2 N–H and O–H groups in total. The average molecular weight is 182 g/mol. The van der Waals surface area contributed by atoms with Gasteiger partial charge in [-0.15, -0.1) is 0 Å². The minimum atomic E-state index is -0.588. The van der Waals surface area contributed by atoms with E-state index in [1.807, 2.05) is 6.92 Å². The molecule has 1 aliphatic carbocycles. The summed E-state index contributed by atoms with van der Waals surface area (Å²) < 4.78 is 0. The molecule has 0 aromatic rings. The molecule has 2 rings (SSSR count). The minimum Gasteiger partial charge on any atom is -0.323 e. The highest BCUT2D eigenvalue weighted by atomic mass is 16.2. The van der Waals surface area contributed by atoms with E-state index in [1.165, 1.54) is 0 Å². The zero-order valence-electron chi connectivity index (χ0n) is 7.72. The molecule has 3 amide bonds. The van der Waals surface area contributed by atoms with Crippen molar-refractivity contribution >= 4 is 11.9 Å². The van der Waals surface area contributed by atoms with Gasteiger partial charge in [0.05, 0.1) is 0 Å². The van der Waals surface area contributed by atoms with E-state index in [9.17, 15) is 9.59 Å². The monoisotopic (exact) mass is 182 g/mol. The lowest BCUT2D eigenvalue weighted by Gasteiger charge is -2.36. The largest absolute Gasteiger partial charge is 0.323 e. The molecule has 1 saturated heterocycles. The Bertz CT molecular complexity index is 264. The number of urea groups is 1. The quantitative estimate of drug-likeness (QED) is 0.544. The summed E-state index contributed by atoms with van der Waals surface area (Å²) in [5, 5.41) is 5.09. The number of carbonyl (C=O) groups is 2. The van der Waals surface area contributed by atoms with Crippen LogP contribution >= 0.6 is 0 Å². The van der Waals surface area contributed by atoms with Crippen LogP contribution in [-0.2, 0) is 4.79 Å². The van der Waals surface area contributed by atoms with Crippen molar-refractivity contribution in [1.29, 1.82) is 0 Å². The van der Waals surface area contributed by atoms with Crippen LogP contribution in [0.1, 0.15) is 32.6 Å². The first-order valence-corrected chi connectivity index (χ1v) is 4.79. The fourth-order valence-electron chi connectivity index (χ4n) is 2.38. The summed E-state index contributed by atoms with van der Waals surface area (Å²) in [4.78, 5) is 22.6. The normalized spacial score (nSPS) is 39.0. The molecule has 13 heavy (non-hydrogen) atoms. The number of nitrogens with one attached hydrogen (secondary N) is 2. The Morgan fingerprint density at radius 2 is 2.15 bits per heavy atom. The second-order valence-electron chi connectivity index (χ2n) is 4.03. The number of hydrogen-bond acceptors (Lipinski definition) is 2. The third kappa shape index (κ3) is 1.12. The Hall–Kier alpha value is -1.06. The first kappa shape index (κ1) is 8.53. The van der Waals surface area contributed by atoms with Gasteiger partial charge in [-0.25, -0.2) is 4.79 Å². The van der Waals surface area contributed by atoms with Crippen LogP contribution in [0, 0.1) is 5.92 Å². The molecule has 0 radical (unpaired) electrons. The summed E-state index contributed by atoms with van der Waals surface area (Å²) in [6.45, 7) is 2.03. The smallest absolute Gasteiger partial charge is 0.322 e. The number of carbonyl (C=O) groups excluding carboxylic acids is 2. The van der Waals surface area contributed by atoms with E-state index in [0.29, 0.717) is 0 Å². The fourth-order valence-corrected chi connectivity index (χ4v) is 2.38. The molecule has 2 aliphatic rings.